The lowest BCUT2D eigenvalue weighted by Gasteiger charge is -2.29. The van der Waals surface area contributed by atoms with E-state index in [2.05, 4.69) is 4.72 Å². The molecule has 0 saturated carbocycles. The summed E-state index contributed by atoms with van der Waals surface area (Å²) >= 11 is 0. The summed E-state index contributed by atoms with van der Waals surface area (Å²) in [6.45, 7) is 13.4. The van der Waals surface area contributed by atoms with Gasteiger partial charge in [0.25, 0.3) is 5.56 Å². The summed E-state index contributed by atoms with van der Waals surface area (Å²) in [6.07, 6.45) is 1.15. The van der Waals surface area contributed by atoms with Crippen molar-refractivity contribution in [1.29, 1.82) is 0 Å². The van der Waals surface area contributed by atoms with E-state index >= 15 is 0 Å². The highest BCUT2D eigenvalue weighted by Crippen LogP contribution is 2.39. The molecule has 2 N–H and O–H groups in total. The van der Waals surface area contributed by atoms with Gasteiger partial charge in [-0.1, -0.05) is 68.8 Å². The van der Waals surface area contributed by atoms with Crippen LogP contribution in [0.3, 0.4) is 0 Å². The Kier molecular flexibility index (Phi) is 7.75. The Morgan fingerprint density at radius 2 is 1.54 bits per heavy atom. The molecule has 8 heteroatoms. The molecule has 0 aliphatic rings. The van der Waals surface area contributed by atoms with E-state index in [1.54, 1.807) is 6.92 Å². The van der Waals surface area contributed by atoms with Gasteiger partial charge in [-0.05, 0) is 67.3 Å². The summed E-state index contributed by atoms with van der Waals surface area (Å²) in [5, 5.41) is 10.3. The Morgan fingerprint density at radius 1 is 0.973 bits per heavy atom. The standard InChI is InChI=1S/C29H36N2O5S/c1-17-9-12-21(13-10-17)26-20(4)24(22-14-11-18(2)19(3)15-22)25(30-37(8,35)36)27(32)31(26)23(28(33)34)16-29(5,6)7/h9-15,23,30H,16H2,1-8H3,(H,33,34). The number of rotatable bonds is 7. The molecule has 0 radical (unpaired) electrons. The Morgan fingerprint density at radius 3 is 2.03 bits per heavy atom. The van der Waals surface area contributed by atoms with Crippen LogP contribution < -0.4 is 10.3 Å². The number of carbonyl (C=O) groups is 1. The first-order valence-corrected chi connectivity index (χ1v) is 14.0. The first kappa shape index (κ1) is 28.2. The van der Waals surface area contributed by atoms with Crippen LogP contribution in [0.25, 0.3) is 22.4 Å². The molecule has 0 spiro atoms. The van der Waals surface area contributed by atoms with Crippen molar-refractivity contribution >= 4 is 21.7 Å². The van der Waals surface area contributed by atoms with Crippen molar-refractivity contribution in [2.75, 3.05) is 11.0 Å². The summed E-state index contributed by atoms with van der Waals surface area (Å²) in [6, 6.07) is 12.0. The number of nitrogens with one attached hydrogen (secondary N) is 1. The van der Waals surface area contributed by atoms with E-state index in [1.165, 1.54) is 4.57 Å². The molecule has 0 amide bonds. The zero-order valence-corrected chi connectivity index (χ0v) is 23.6. The average molecular weight is 525 g/mol. The number of benzene rings is 2. The molecule has 0 fully saturated rings. The molecule has 1 heterocycles. The van der Waals surface area contributed by atoms with Gasteiger partial charge in [-0.3, -0.25) is 14.1 Å². The van der Waals surface area contributed by atoms with E-state index < -0.39 is 33.0 Å². The largest absolute Gasteiger partial charge is 0.480 e. The molecule has 0 saturated heterocycles. The second-order valence-electron chi connectivity index (χ2n) is 11.1. The topological polar surface area (TPSA) is 105 Å². The van der Waals surface area contributed by atoms with E-state index in [1.807, 2.05) is 84.0 Å². The zero-order chi connectivity index (χ0) is 27.9. The molecule has 7 nitrogen and oxygen atoms in total. The van der Waals surface area contributed by atoms with Crippen LogP contribution in [0.2, 0.25) is 0 Å². The molecule has 1 unspecified atom stereocenters. The number of hydrogen-bond acceptors (Lipinski definition) is 4. The normalized spacial score (nSPS) is 12.9. The predicted octanol–water partition coefficient (Wildman–Crippen LogP) is 5.85. The van der Waals surface area contributed by atoms with Crippen molar-refractivity contribution in [1.82, 2.24) is 4.57 Å². The van der Waals surface area contributed by atoms with Crippen LogP contribution in [0.15, 0.2) is 47.3 Å². The van der Waals surface area contributed by atoms with Gasteiger partial charge in [0.1, 0.15) is 11.7 Å². The number of pyridine rings is 1. The van der Waals surface area contributed by atoms with Crippen molar-refractivity contribution in [2.24, 2.45) is 5.41 Å². The van der Waals surface area contributed by atoms with Crippen LogP contribution in [-0.4, -0.2) is 30.3 Å². The molecule has 3 rings (SSSR count). The molecule has 0 bridgehead atoms. The Balaban J connectivity index is 2.58. The molecule has 37 heavy (non-hydrogen) atoms. The first-order chi connectivity index (χ1) is 17.0. The van der Waals surface area contributed by atoms with Gasteiger partial charge in [0.15, 0.2) is 0 Å². The fourth-order valence-corrected chi connectivity index (χ4v) is 5.15. The second-order valence-corrected chi connectivity index (χ2v) is 12.8. The lowest BCUT2D eigenvalue weighted by atomic mass is 9.86. The van der Waals surface area contributed by atoms with Crippen molar-refractivity contribution in [3.63, 3.8) is 0 Å². The van der Waals surface area contributed by atoms with Gasteiger partial charge in [0.05, 0.1) is 11.9 Å². The molecule has 1 atom stereocenters. The zero-order valence-electron chi connectivity index (χ0n) is 22.8. The molecular weight excluding hydrogens is 488 g/mol. The van der Waals surface area contributed by atoms with Gasteiger partial charge in [-0.15, -0.1) is 0 Å². The highest BCUT2D eigenvalue weighted by Gasteiger charge is 2.33. The quantitative estimate of drug-likeness (QED) is 0.403. The minimum atomic E-state index is -3.86. The van der Waals surface area contributed by atoms with Gasteiger partial charge >= 0.3 is 5.97 Å². The van der Waals surface area contributed by atoms with Crippen LogP contribution in [-0.2, 0) is 14.8 Å². The summed E-state index contributed by atoms with van der Waals surface area (Å²) in [4.78, 5) is 26.8. The molecule has 3 aromatic rings. The van der Waals surface area contributed by atoms with Crippen LogP contribution >= 0.6 is 0 Å². The van der Waals surface area contributed by atoms with E-state index in [0.29, 0.717) is 27.9 Å². The maximum Gasteiger partial charge on any atom is 0.326 e. The van der Waals surface area contributed by atoms with E-state index in [0.717, 1.165) is 22.9 Å². The number of sulfonamides is 1. The SMILES string of the molecule is Cc1ccc(-c2c(C)c(-c3ccc(C)c(C)c3)c(NS(C)(=O)=O)c(=O)n2C(CC(C)(C)C)C(=O)O)cc1. The van der Waals surface area contributed by atoms with Crippen molar-refractivity contribution in [3.8, 4) is 22.4 Å². The van der Waals surface area contributed by atoms with Crippen molar-refractivity contribution < 1.29 is 18.3 Å². The smallest absolute Gasteiger partial charge is 0.326 e. The number of anilines is 1. The summed E-state index contributed by atoms with van der Waals surface area (Å²) in [7, 11) is -3.86. The fraction of sp³-hybridized carbons (Fsp3) is 0.379. The van der Waals surface area contributed by atoms with Crippen LogP contribution in [0, 0.1) is 33.1 Å². The third-order valence-corrected chi connectivity index (χ3v) is 7.04. The number of carboxylic acids is 1. The number of aromatic nitrogens is 1. The number of hydrogen-bond donors (Lipinski definition) is 2. The lowest BCUT2D eigenvalue weighted by molar-refractivity contribution is -0.141. The highest BCUT2D eigenvalue weighted by atomic mass is 32.2. The summed E-state index contributed by atoms with van der Waals surface area (Å²) in [5.74, 6) is -1.16. The molecule has 0 aliphatic carbocycles. The number of aryl methyl sites for hydroxylation is 3. The van der Waals surface area contributed by atoms with Gasteiger partial charge < -0.3 is 5.11 Å². The van der Waals surface area contributed by atoms with E-state index in [9.17, 15) is 23.1 Å². The Bertz CT molecular complexity index is 1510. The molecule has 198 valence electrons. The molecular formula is C29H36N2O5S. The Labute approximate surface area is 219 Å². The van der Waals surface area contributed by atoms with Gasteiger partial charge in [-0.25, -0.2) is 13.2 Å². The summed E-state index contributed by atoms with van der Waals surface area (Å²) < 4.78 is 28.5. The average Bonchev–Trinajstić information content (AvgIpc) is 2.76. The van der Waals surface area contributed by atoms with E-state index in [-0.39, 0.29) is 12.1 Å². The fourth-order valence-electron chi connectivity index (χ4n) is 4.59. The van der Waals surface area contributed by atoms with Gasteiger partial charge in [0.2, 0.25) is 10.0 Å². The first-order valence-electron chi connectivity index (χ1n) is 12.1. The number of aliphatic carboxylic acids is 1. The summed E-state index contributed by atoms with van der Waals surface area (Å²) in [5.41, 5.74) is 4.64. The number of carboxylic acid groups (broad SMARTS) is 1. The maximum atomic E-state index is 14.2. The highest BCUT2D eigenvalue weighted by molar-refractivity contribution is 7.92. The number of nitrogens with zero attached hydrogens (tertiary/aromatic N) is 1. The molecule has 2 aromatic carbocycles. The van der Waals surface area contributed by atoms with Crippen molar-refractivity contribution in [2.45, 2.75) is 60.9 Å². The van der Waals surface area contributed by atoms with Gasteiger partial charge in [-0.2, -0.15) is 0 Å². The lowest BCUT2D eigenvalue weighted by Crippen LogP contribution is -2.36. The maximum absolute atomic E-state index is 14.2. The van der Waals surface area contributed by atoms with Crippen LogP contribution in [0.1, 0.15) is 55.5 Å². The van der Waals surface area contributed by atoms with Crippen LogP contribution in [0.4, 0.5) is 5.69 Å². The predicted molar refractivity (Wildman–Crippen MR) is 150 cm³/mol. The third kappa shape index (κ3) is 6.31. The monoisotopic (exact) mass is 524 g/mol. The van der Waals surface area contributed by atoms with Crippen LogP contribution in [0.5, 0.6) is 0 Å². The van der Waals surface area contributed by atoms with Crippen molar-refractivity contribution in [3.05, 3.63) is 75.1 Å². The minimum Gasteiger partial charge on any atom is -0.480 e. The minimum absolute atomic E-state index is 0.153. The third-order valence-electron chi connectivity index (χ3n) is 6.46. The van der Waals surface area contributed by atoms with E-state index in [4.69, 9.17) is 0 Å². The Hall–Kier alpha value is -3.39. The van der Waals surface area contributed by atoms with Gasteiger partial charge in [0, 0.05) is 5.56 Å². The second kappa shape index (κ2) is 10.2. The molecule has 0 aliphatic heterocycles. The molecule has 1 aromatic heterocycles.